The van der Waals surface area contributed by atoms with Crippen molar-refractivity contribution in [3.63, 3.8) is 0 Å². The Morgan fingerprint density at radius 1 is 0.935 bits per heavy atom. The lowest BCUT2D eigenvalue weighted by molar-refractivity contribution is -0.137. The summed E-state index contributed by atoms with van der Waals surface area (Å²) in [6.07, 6.45) is 3.25. The van der Waals surface area contributed by atoms with Gasteiger partial charge in [-0.25, -0.2) is 19.1 Å². The van der Waals surface area contributed by atoms with Crippen LogP contribution >= 0.6 is 0 Å². The largest absolute Gasteiger partial charge is 0.444 e. The van der Waals surface area contributed by atoms with Crippen LogP contribution in [-0.2, 0) is 39.9 Å². The molecule has 0 bridgehead atoms. The van der Waals surface area contributed by atoms with Crippen molar-refractivity contribution in [2.24, 2.45) is 0 Å². The van der Waals surface area contributed by atoms with Crippen LogP contribution in [0.15, 0.2) is 12.5 Å². The first-order valence-corrected chi connectivity index (χ1v) is 14.9. The van der Waals surface area contributed by atoms with Gasteiger partial charge in [-0.3, -0.25) is 19.2 Å². The zero-order chi connectivity index (χ0) is 35.3. The molecule has 1 aromatic rings. The van der Waals surface area contributed by atoms with E-state index in [1.54, 1.807) is 41.5 Å². The van der Waals surface area contributed by atoms with Crippen LogP contribution in [0.4, 0.5) is 9.59 Å². The van der Waals surface area contributed by atoms with Gasteiger partial charge in [0.2, 0.25) is 24.1 Å². The number of unbranched alkanes of at least 4 members (excludes halogenated alkanes) is 1. The number of aromatic nitrogens is 2. The highest BCUT2D eigenvalue weighted by molar-refractivity contribution is 5.93. The number of likely N-dealkylation sites (N-methyl/N-ethyl adjacent to an activating group) is 1. The predicted octanol–water partition coefficient (Wildman–Crippen LogP) is 1.06. The van der Waals surface area contributed by atoms with Gasteiger partial charge in [0.25, 0.3) is 0 Å². The number of amides is 5. The van der Waals surface area contributed by atoms with E-state index >= 15 is 0 Å². The second kappa shape index (κ2) is 17.3. The summed E-state index contributed by atoms with van der Waals surface area (Å²) >= 11 is 0. The third-order valence-corrected chi connectivity index (χ3v) is 5.94. The van der Waals surface area contributed by atoms with Crippen LogP contribution in [0.5, 0.6) is 0 Å². The number of imidazole rings is 1. The predicted molar refractivity (Wildman–Crippen MR) is 166 cm³/mol. The molecular weight excluding hydrogens is 602 g/mol. The summed E-state index contributed by atoms with van der Waals surface area (Å²) in [4.78, 5) is 91.7. The van der Waals surface area contributed by atoms with Gasteiger partial charge in [0.1, 0.15) is 35.9 Å². The topological polar surface area (TPSA) is 207 Å². The average Bonchev–Trinajstić information content (AvgIpc) is 3.38. The number of aldehydes is 1. The Morgan fingerprint density at radius 2 is 1.57 bits per heavy atom. The normalized spacial score (nSPS) is 13.0. The summed E-state index contributed by atoms with van der Waals surface area (Å²) < 4.78 is 11.7. The second-order valence-electron chi connectivity index (χ2n) is 13.4. The minimum absolute atomic E-state index is 0.155. The molecule has 5 amide bonds. The highest BCUT2D eigenvalue weighted by Crippen LogP contribution is 2.12. The number of carbonyl (C=O) groups excluding carboxylic acids is 7. The zero-order valence-corrected chi connectivity index (χ0v) is 28.2. The minimum atomic E-state index is -1.25. The Bertz CT molecular complexity index is 1230. The molecule has 258 valence electrons. The minimum Gasteiger partial charge on any atom is -0.444 e. The number of carbonyl (C=O) groups is 7. The Hall–Kier alpha value is -4.50. The van der Waals surface area contributed by atoms with E-state index in [4.69, 9.17) is 9.47 Å². The summed E-state index contributed by atoms with van der Waals surface area (Å²) in [5.41, 5.74) is -2.54. The third-order valence-electron chi connectivity index (χ3n) is 5.94. The fourth-order valence-corrected chi connectivity index (χ4v) is 3.88. The summed E-state index contributed by atoms with van der Waals surface area (Å²) in [7, 11) is 1.37. The van der Waals surface area contributed by atoms with Crippen LogP contribution in [0.2, 0.25) is 0 Å². The maximum atomic E-state index is 13.3. The smallest absolute Gasteiger partial charge is 0.419 e. The molecule has 0 fully saturated rings. The highest BCUT2D eigenvalue weighted by Gasteiger charge is 2.31. The van der Waals surface area contributed by atoms with Crippen LogP contribution in [0.25, 0.3) is 0 Å². The molecule has 0 aliphatic heterocycles. The fraction of sp³-hybridized carbons (Fsp3) is 0.667. The molecule has 16 nitrogen and oxygen atoms in total. The van der Waals surface area contributed by atoms with Gasteiger partial charge in [-0.2, -0.15) is 0 Å². The lowest BCUT2D eigenvalue weighted by atomic mass is 10.1. The Kier molecular flexibility index (Phi) is 14.8. The van der Waals surface area contributed by atoms with E-state index in [1.807, 2.05) is 0 Å². The molecule has 0 radical (unpaired) electrons. The Balaban J connectivity index is 3.08. The van der Waals surface area contributed by atoms with Gasteiger partial charge >= 0.3 is 12.2 Å². The molecule has 1 heterocycles. The first-order valence-electron chi connectivity index (χ1n) is 14.9. The molecule has 0 saturated carbocycles. The van der Waals surface area contributed by atoms with Gasteiger partial charge in [0.15, 0.2) is 0 Å². The van der Waals surface area contributed by atoms with E-state index < -0.39 is 65.3 Å². The van der Waals surface area contributed by atoms with E-state index in [9.17, 15) is 33.6 Å². The molecule has 0 saturated heterocycles. The van der Waals surface area contributed by atoms with Crippen LogP contribution in [0, 0.1) is 0 Å². The number of nitrogens with one attached hydrogen (secondary N) is 4. The van der Waals surface area contributed by atoms with Crippen LogP contribution in [0.1, 0.15) is 80.3 Å². The first kappa shape index (κ1) is 39.5. The number of hydrogen-bond donors (Lipinski definition) is 4. The molecule has 0 aliphatic rings. The highest BCUT2D eigenvalue weighted by atomic mass is 16.6. The standard InChI is InChI=1S/C30H49N7O9/c1-28(2,3)45-26(43)34-21(12-10-11-13-31-19-39)25(42)36(9)16-23(40)33-22(24(41)35-30(7,8)17-38)14-20-15-37(18-32-20)27(44)46-29(4,5)6/h15,17-19,21-22H,10-14,16H2,1-9H3,(H,31,39)(H,33,40)(H,34,43)(H,35,41)/t21-,22-/m0/s1. The molecule has 0 spiro atoms. The molecule has 1 aromatic heterocycles. The van der Waals surface area contributed by atoms with Crippen LogP contribution in [0.3, 0.4) is 0 Å². The van der Waals surface area contributed by atoms with E-state index in [1.165, 1.54) is 33.4 Å². The van der Waals surface area contributed by atoms with Crippen molar-refractivity contribution in [1.29, 1.82) is 0 Å². The molecule has 0 aromatic carbocycles. The lowest BCUT2D eigenvalue weighted by Crippen LogP contribution is -2.56. The van der Waals surface area contributed by atoms with Crippen molar-refractivity contribution >= 4 is 42.6 Å². The van der Waals surface area contributed by atoms with Crippen molar-refractivity contribution in [1.82, 2.24) is 35.7 Å². The number of alkyl carbamates (subject to hydrolysis) is 1. The van der Waals surface area contributed by atoms with Gasteiger partial charge in [-0.05, 0) is 74.7 Å². The molecule has 1 rings (SSSR count). The van der Waals surface area contributed by atoms with E-state index in [0.29, 0.717) is 32.1 Å². The fourth-order valence-electron chi connectivity index (χ4n) is 3.88. The van der Waals surface area contributed by atoms with Crippen molar-refractivity contribution in [2.45, 2.75) is 110 Å². The maximum Gasteiger partial charge on any atom is 0.419 e. The molecule has 46 heavy (non-hydrogen) atoms. The van der Waals surface area contributed by atoms with E-state index in [-0.39, 0.29) is 18.5 Å². The van der Waals surface area contributed by atoms with Crippen molar-refractivity contribution in [2.75, 3.05) is 20.1 Å². The molecule has 16 heteroatoms. The number of rotatable bonds is 16. The van der Waals surface area contributed by atoms with Gasteiger partial charge in [0, 0.05) is 26.2 Å². The number of nitrogens with zero attached hydrogens (tertiary/aromatic N) is 3. The first-order chi connectivity index (χ1) is 21.2. The number of ether oxygens (including phenoxy) is 2. The zero-order valence-electron chi connectivity index (χ0n) is 28.2. The summed E-state index contributed by atoms with van der Waals surface area (Å²) in [5, 5.41) is 10.2. The molecule has 0 unspecified atom stereocenters. The van der Waals surface area contributed by atoms with Crippen molar-refractivity contribution in [3.8, 4) is 0 Å². The monoisotopic (exact) mass is 651 g/mol. The van der Waals surface area contributed by atoms with Gasteiger partial charge in [0.05, 0.1) is 17.8 Å². The van der Waals surface area contributed by atoms with Crippen LogP contribution in [-0.4, -0.2) is 106 Å². The van der Waals surface area contributed by atoms with Gasteiger partial charge in [-0.1, -0.05) is 0 Å². The summed E-state index contributed by atoms with van der Waals surface area (Å²) in [6.45, 7) is 13.0. The second-order valence-corrected chi connectivity index (χ2v) is 13.4. The van der Waals surface area contributed by atoms with Gasteiger partial charge < -0.3 is 40.4 Å². The molecule has 0 aliphatic carbocycles. The van der Waals surface area contributed by atoms with E-state index in [0.717, 1.165) is 9.47 Å². The number of hydrogen-bond acceptors (Lipinski definition) is 10. The molecule has 4 N–H and O–H groups in total. The Morgan fingerprint density at radius 3 is 2.13 bits per heavy atom. The van der Waals surface area contributed by atoms with Crippen molar-refractivity contribution < 1.29 is 43.0 Å². The lowest BCUT2D eigenvalue weighted by Gasteiger charge is -2.27. The average molecular weight is 652 g/mol. The summed E-state index contributed by atoms with van der Waals surface area (Å²) in [5.74, 6) is -1.99. The van der Waals surface area contributed by atoms with E-state index in [2.05, 4.69) is 26.3 Å². The molecule has 2 atom stereocenters. The quantitative estimate of drug-likeness (QED) is 0.148. The third kappa shape index (κ3) is 15.5. The molecular formula is C30H49N7O9. The SMILES string of the molecule is CN(CC(=O)N[C@@H](Cc1cn(C(=O)OC(C)(C)C)cn1)C(=O)NC(C)(C)C=O)C(=O)[C@H](CCCCNC=O)NC(=O)OC(C)(C)C. The van der Waals surface area contributed by atoms with Gasteiger partial charge in [-0.15, -0.1) is 0 Å². The van der Waals surface area contributed by atoms with Crippen molar-refractivity contribution in [3.05, 3.63) is 18.2 Å². The maximum absolute atomic E-state index is 13.3. The summed E-state index contributed by atoms with van der Waals surface area (Å²) in [6, 6.07) is -2.27. The van der Waals surface area contributed by atoms with Crippen LogP contribution < -0.4 is 21.3 Å². The Labute approximate surface area is 269 Å².